The first-order valence-corrected chi connectivity index (χ1v) is 3.73. The number of rotatable bonds is 6. The number of hydrogen-bond acceptors (Lipinski definition) is 3. The molecule has 0 amide bonds. The van der Waals surface area contributed by atoms with Crippen molar-refractivity contribution in [2.45, 2.75) is 25.7 Å². The van der Waals surface area contributed by atoms with Gasteiger partial charge >= 0.3 is 0 Å². The van der Waals surface area contributed by atoms with Gasteiger partial charge in [-0.2, -0.15) is 0 Å². The van der Waals surface area contributed by atoms with Gasteiger partial charge in [-0.15, -0.1) is 0 Å². The van der Waals surface area contributed by atoms with Crippen molar-refractivity contribution in [3.05, 3.63) is 0 Å². The Bertz CT molecular complexity index is 83.6. The normalized spacial score (nSPS) is 9.80. The molecule has 0 aliphatic carbocycles. The first-order chi connectivity index (χ1) is 4.81. The molecular weight excluding hydrogens is 128 g/mol. The third kappa shape index (κ3) is 5.72. The van der Waals surface area contributed by atoms with Gasteiger partial charge in [0.05, 0.1) is 0 Å². The molecule has 0 atom stereocenters. The Balaban J connectivity index is 3.09. The van der Waals surface area contributed by atoms with Crippen LogP contribution in [-0.2, 0) is 4.79 Å². The zero-order valence-corrected chi connectivity index (χ0v) is 6.31. The summed E-state index contributed by atoms with van der Waals surface area (Å²) in [6.45, 7) is 1.21. The molecule has 10 heavy (non-hydrogen) atoms. The van der Waals surface area contributed by atoms with E-state index in [-0.39, 0.29) is 5.78 Å². The summed E-state index contributed by atoms with van der Waals surface area (Å²) >= 11 is 0. The van der Waals surface area contributed by atoms with Crippen LogP contribution in [0.1, 0.15) is 25.7 Å². The van der Waals surface area contributed by atoms with E-state index in [0.29, 0.717) is 25.9 Å². The van der Waals surface area contributed by atoms with Crippen molar-refractivity contribution < 1.29 is 4.79 Å². The average molecular weight is 144 g/mol. The van der Waals surface area contributed by atoms with Gasteiger partial charge in [0, 0.05) is 12.8 Å². The maximum absolute atomic E-state index is 10.8. The molecule has 0 heterocycles. The lowest BCUT2D eigenvalue weighted by molar-refractivity contribution is -0.119. The summed E-state index contributed by atoms with van der Waals surface area (Å²) < 4.78 is 0. The van der Waals surface area contributed by atoms with Crippen LogP contribution in [-0.4, -0.2) is 18.9 Å². The van der Waals surface area contributed by atoms with Crippen LogP contribution in [0.3, 0.4) is 0 Å². The highest BCUT2D eigenvalue weighted by Crippen LogP contribution is 1.95. The molecule has 4 N–H and O–H groups in total. The van der Waals surface area contributed by atoms with Crippen LogP contribution in [0.15, 0.2) is 0 Å². The third-order valence-electron chi connectivity index (χ3n) is 1.32. The minimum absolute atomic E-state index is 0.288. The third-order valence-corrected chi connectivity index (χ3v) is 1.32. The quantitative estimate of drug-likeness (QED) is 0.552. The van der Waals surface area contributed by atoms with Gasteiger partial charge in [0.2, 0.25) is 0 Å². The highest BCUT2D eigenvalue weighted by Gasteiger charge is 1.98. The molecule has 0 saturated carbocycles. The van der Waals surface area contributed by atoms with Crippen molar-refractivity contribution in [1.82, 2.24) is 0 Å². The van der Waals surface area contributed by atoms with Gasteiger partial charge in [0.1, 0.15) is 5.78 Å². The van der Waals surface area contributed by atoms with E-state index in [4.69, 9.17) is 11.5 Å². The molecule has 0 spiro atoms. The van der Waals surface area contributed by atoms with Crippen molar-refractivity contribution in [3.63, 3.8) is 0 Å². The number of hydrogen-bond donors (Lipinski definition) is 2. The minimum atomic E-state index is 0.288. The minimum Gasteiger partial charge on any atom is -0.330 e. The molecule has 3 nitrogen and oxygen atoms in total. The topological polar surface area (TPSA) is 69.1 Å². The zero-order chi connectivity index (χ0) is 7.82. The molecule has 0 aliphatic heterocycles. The van der Waals surface area contributed by atoms with Crippen molar-refractivity contribution >= 4 is 5.78 Å². The lowest BCUT2D eigenvalue weighted by Crippen LogP contribution is -2.07. The van der Waals surface area contributed by atoms with Crippen molar-refractivity contribution in [2.75, 3.05) is 13.1 Å². The highest BCUT2D eigenvalue weighted by atomic mass is 16.1. The molecule has 0 fully saturated rings. The molecule has 0 unspecified atom stereocenters. The van der Waals surface area contributed by atoms with Crippen LogP contribution in [0.5, 0.6) is 0 Å². The molecule has 0 saturated heterocycles. The van der Waals surface area contributed by atoms with Crippen LogP contribution >= 0.6 is 0 Å². The van der Waals surface area contributed by atoms with Crippen molar-refractivity contribution in [1.29, 1.82) is 0 Å². The fourth-order valence-electron chi connectivity index (χ4n) is 0.723. The fourth-order valence-corrected chi connectivity index (χ4v) is 0.723. The van der Waals surface area contributed by atoms with Gasteiger partial charge in [-0.3, -0.25) is 4.79 Å². The predicted molar refractivity (Wildman–Crippen MR) is 41.6 cm³/mol. The van der Waals surface area contributed by atoms with E-state index in [1.54, 1.807) is 0 Å². The molecule has 0 aromatic heterocycles. The molecule has 0 bridgehead atoms. The summed E-state index contributed by atoms with van der Waals surface area (Å²) in [7, 11) is 0. The molecule has 60 valence electrons. The number of carbonyl (C=O) groups is 1. The van der Waals surface area contributed by atoms with E-state index in [0.717, 1.165) is 12.8 Å². The van der Waals surface area contributed by atoms with E-state index in [1.165, 1.54) is 0 Å². The summed E-state index contributed by atoms with van der Waals surface area (Å²) in [6.07, 6.45) is 2.86. The summed E-state index contributed by atoms with van der Waals surface area (Å²) in [6, 6.07) is 0. The Morgan fingerprint density at radius 2 is 1.40 bits per heavy atom. The number of nitrogens with two attached hydrogens (primary N) is 2. The monoisotopic (exact) mass is 144 g/mol. The first kappa shape index (κ1) is 9.59. The first-order valence-electron chi connectivity index (χ1n) is 3.73. The Morgan fingerprint density at radius 3 is 1.70 bits per heavy atom. The number of Topliss-reactive ketones (excluding diaryl/α,β-unsaturated/α-hetero) is 1. The maximum atomic E-state index is 10.8. The summed E-state index contributed by atoms with van der Waals surface area (Å²) in [5, 5.41) is 0. The average Bonchev–Trinajstić information content (AvgIpc) is 1.97. The van der Waals surface area contributed by atoms with E-state index < -0.39 is 0 Å². The zero-order valence-electron chi connectivity index (χ0n) is 6.31. The molecule has 3 heteroatoms. The van der Waals surface area contributed by atoms with Gasteiger partial charge in [0.25, 0.3) is 0 Å². The standard InChI is InChI=1S/C7H16N2O/c8-5-1-3-7(10)4-2-6-9/h1-6,8-9H2. The van der Waals surface area contributed by atoms with Crippen molar-refractivity contribution in [3.8, 4) is 0 Å². The Hall–Kier alpha value is -0.410. The predicted octanol–water partition coefficient (Wildman–Crippen LogP) is 0.0333. The van der Waals surface area contributed by atoms with Gasteiger partial charge in [0.15, 0.2) is 0 Å². The smallest absolute Gasteiger partial charge is 0.133 e. The molecule has 0 aromatic rings. The van der Waals surface area contributed by atoms with Crippen LogP contribution in [0.2, 0.25) is 0 Å². The molecule has 0 aromatic carbocycles. The molecular formula is C7H16N2O. The Morgan fingerprint density at radius 1 is 1.00 bits per heavy atom. The fraction of sp³-hybridized carbons (Fsp3) is 0.857. The van der Waals surface area contributed by atoms with Gasteiger partial charge in [-0.05, 0) is 25.9 Å². The maximum Gasteiger partial charge on any atom is 0.133 e. The second-order valence-corrected chi connectivity index (χ2v) is 2.32. The lowest BCUT2D eigenvalue weighted by atomic mass is 10.1. The number of carbonyl (C=O) groups excluding carboxylic acids is 1. The second kappa shape index (κ2) is 6.71. The SMILES string of the molecule is NCCCC(=O)CCCN. The highest BCUT2D eigenvalue weighted by molar-refractivity contribution is 5.78. The van der Waals surface area contributed by atoms with Crippen LogP contribution < -0.4 is 11.5 Å². The van der Waals surface area contributed by atoms with Gasteiger partial charge < -0.3 is 11.5 Å². The molecule has 0 radical (unpaired) electrons. The number of ketones is 1. The van der Waals surface area contributed by atoms with Crippen LogP contribution in [0.4, 0.5) is 0 Å². The van der Waals surface area contributed by atoms with Gasteiger partial charge in [-0.1, -0.05) is 0 Å². The van der Waals surface area contributed by atoms with Crippen LogP contribution in [0.25, 0.3) is 0 Å². The molecule has 0 rings (SSSR count). The van der Waals surface area contributed by atoms with E-state index >= 15 is 0 Å². The molecule has 0 aliphatic rings. The Labute approximate surface area is 61.8 Å². The second-order valence-electron chi connectivity index (χ2n) is 2.32. The summed E-state index contributed by atoms with van der Waals surface area (Å²) in [5.41, 5.74) is 10.5. The van der Waals surface area contributed by atoms with E-state index in [9.17, 15) is 4.79 Å². The lowest BCUT2D eigenvalue weighted by Gasteiger charge is -1.96. The summed E-state index contributed by atoms with van der Waals surface area (Å²) in [5.74, 6) is 0.288. The Kier molecular flexibility index (Phi) is 6.43. The summed E-state index contributed by atoms with van der Waals surface area (Å²) in [4.78, 5) is 10.8. The van der Waals surface area contributed by atoms with Gasteiger partial charge in [-0.25, -0.2) is 0 Å². The van der Waals surface area contributed by atoms with Crippen LogP contribution in [0, 0.1) is 0 Å². The van der Waals surface area contributed by atoms with E-state index in [2.05, 4.69) is 0 Å². The largest absolute Gasteiger partial charge is 0.330 e. The van der Waals surface area contributed by atoms with E-state index in [1.807, 2.05) is 0 Å². The van der Waals surface area contributed by atoms with Crippen molar-refractivity contribution in [2.24, 2.45) is 11.5 Å².